The molecule has 2 nitrogen and oxygen atoms in total. The number of anilines is 1. The Kier molecular flexibility index (Phi) is 4.94. The van der Waals surface area contributed by atoms with E-state index in [1.165, 1.54) is 0 Å². The van der Waals surface area contributed by atoms with Crippen LogP contribution in [0.1, 0.15) is 31.7 Å². The van der Waals surface area contributed by atoms with E-state index in [1.54, 1.807) is 0 Å². The lowest BCUT2D eigenvalue weighted by Gasteiger charge is -2.22. The minimum atomic E-state index is -0.110. The van der Waals surface area contributed by atoms with Crippen LogP contribution in [0.2, 0.25) is 0 Å². The standard InChI is InChI=1S/C18H21NO/c1-3-14(2)17(15-10-6-4-7-11-15)18(20)19-16-12-8-5-9-13-16/h4-14,17H,3H2,1-2H3,(H,19,20). The monoisotopic (exact) mass is 267 g/mol. The van der Waals surface area contributed by atoms with Gasteiger partial charge in [-0.2, -0.15) is 0 Å². The summed E-state index contributed by atoms with van der Waals surface area (Å²) in [4.78, 5) is 12.6. The van der Waals surface area contributed by atoms with E-state index in [-0.39, 0.29) is 11.8 Å². The van der Waals surface area contributed by atoms with Gasteiger partial charge in [0.2, 0.25) is 5.91 Å². The van der Waals surface area contributed by atoms with Crippen molar-refractivity contribution < 1.29 is 4.79 Å². The molecule has 0 heterocycles. The Labute approximate surface area is 120 Å². The fourth-order valence-electron chi connectivity index (χ4n) is 2.38. The molecular formula is C18H21NO. The van der Waals surface area contributed by atoms with Crippen molar-refractivity contribution in [2.45, 2.75) is 26.2 Å². The zero-order valence-electron chi connectivity index (χ0n) is 12.0. The third kappa shape index (κ3) is 3.47. The first-order valence-electron chi connectivity index (χ1n) is 7.13. The first-order valence-corrected chi connectivity index (χ1v) is 7.13. The van der Waals surface area contributed by atoms with E-state index in [2.05, 4.69) is 19.2 Å². The van der Waals surface area contributed by atoms with Crippen molar-refractivity contribution >= 4 is 11.6 Å². The van der Waals surface area contributed by atoms with Crippen LogP contribution < -0.4 is 5.32 Å². The van der Waals surface area contributed by atoms with E-state index in [4.69, 9.17) is 0 Å². The number of hydrogen-bond acceptors (Lipinski definition) is 1. The van der Waals surface area contributed by atoms with Crippen LogP contribution in [0, 0.1) is 5.92 Å². The molecule has 0 saturated carbocycles. The zero-order chi connectivity index (χ0) is 14.4. The van der Waals surface area contributed by atoms with Gasteiger partial charge in [0, 0.05) is 5.69 Å². The maximum Gasteiger partial charge on any atom is 0.232 e. The Morgan fingerprint density at radius 2 is 1.55 bits per heavy atom. The van der Waals surface area contributed by atoms with Crippen molar-refractivity contribution in [3.8, 4) is 0 Å². The Bertz CT molecular complexity index is 536. The lowest BCUT2D eigenvalue weighted by molar-refractivity contribution is -0.118. The van der Waals surface area contributed by atoms with Crippen LogP contribution in [-0.4, -0.2) is 5.91 Å². The molecule has 0 bridgehead atoms. The van der Waals surface area contributed by atoms with Crippen LogP contribution in [0.25, 0.3) is 0 Å². The van der Waals surface area contributed by atoms with E-state index in [0.717, 1.165) is 17.7 Å². The van der Waals surface area contributed by atoms with Crippen molar-refractivity contribution in [1.82, 2.24) is 0 Å². The first-order chi connectivity index (χ1) is 9.72. The highest BCUT2D eigenvalue weighted by Gasteiger charge is 2.25. The average Bonchev–Trinajstić information content (AvgIpc) is 2.49. The largest absolute Gasteiger partial charge is 0.326 e. The summed E-state index contributed by atoms with van der Waals surface area (Å²) in [6, 6.07) is 19.6. The Morgan fingerprint density at radius 1 is 1.00 bits per heavy atom. The van der Waals surface area contributed by atoms with Crippen molar-refractivity contribution in [2.24, 2.45) is 5.92 Å². The molecule has 0 spiro atoms. The molecule has 2 rings (SSSR count). The molecule has 1 amide bonds. The predicted molar refractivity (Wildman–Crippen MR) is 83.7 cm³/mol. The van der Waals surface area contributed by atoms with E-state index >= 15 is 0 Å². The first kappa shape index (κ1) is 14.3. The fraction of sp³-hybridized carbons (Fsp3) is 0.278. The summed E-state index contributed by atoms with van der Waals surface area (Å²) < 4.78 is 0. The molecule has 0 aliphatic rings. The van der Waals surface area contributed by atoms with Gasteiger partial charge in [-0.25, -0.2) is 0 Å². The Balaban J connectivity index is 2.21. The number of carbonyl (C=O) groups is 1. The second-order valence-corrected chi connectivity index (χ2v) is 5.13. The molecule has 2 atom stereocenters. The highest BCUT2D eigenvalue weighted by atomic mass is 16.1. The summed E-state index contributed by atoms with van der Waals surface area (Å²) in [6.07, 6.45) is 0.974. The van der Waals surface area contributed by atoms with Crippen LogP contribution >= 0.6 is 0 Å². The molecule has 0 radical (unpaired) electrons. The minimum Gasteiger partial charge on any atom is -0.326 e. The van der Waals surface area contributed by atoms with Gasteiger partial charge in [-0.3, -0.25) is 4.79 Å². The van der Waals surface area contributed by atoms with Crippen LogP contribution in [0.15, 0.2) is 60.7 Å². The molecule has 2 unspecified atom stereocenters. The minimum absolute atomic E-state index is 0.0664. The van der Waals surface area contributed by atoms with E-state index in [0.29, 0.717) is 5.92 Å². The third-order valence-electron chi connectivity index (χ3n) is 3.70. The van der Waals surface area contributed by atoms with Crippen LogP contribution in [-0.2, 0) is 4.79 Å². The van der Waals surface area contributed by atoms with E-state index in [9.17, 15) is 4.79 Å². The molecule has 1 N–H and O–H groups in total. The number of carbonyl (C=O) groups excluding carboxylic acids is 1. The summed E-state index contributed by atoms with van der Waals surface area (Å²) in [6.45, 7) is 4.25. The number of amides is 1. The molecule has 104 valence electrons. The van der Waals surface area contributed by atoms with Gasteiger partial charge >= 0.3 is 0 Å². The van der Waals surface area contributed by atoms with Gasteiger partial charge in [-0.05, 0) is 23.6 Å². The fourth-order valence-corrected chi connectivity index (χ4v) is 2.38. The SMILES string of the molecule is CCC(C)C(C(=O)Nc1ccccc1)c1ccccc1. The normalized spacial score (nSPS) is 13.5. The summed E-state index contributed by atoms with van der Waals surface area (Å²) in [5.41, 5.74) is 1.93. The van der Waals surface area contributed by atoms with Gasteiger partial charge in [0.15, 0.2) is 0 Å². The maximum atomic E-state index is 12.6. The van der Waals surface area contributed by atoms with Crippen LogP contribution in [0.5, 0.6) is 0 Å². The van der Waals surface area contributed by atoms with Crippen molar-refractivity contribution in [3.63, 3.8) is 0 Å². The summed E-state index contributed by atoms with van der Waals surface area (Å²) in [7, 11) is 0. The second-order valence-electron chi connectivity index (χ2n) is 5.13. The summed E-state index contributed by atoms with van der Waals surface area (Å²) >= 11 is 0. The number of rotatable bonds is 5. The maximum absolute atomic E-state index is 12.6. The molecule has 2 heteroatoms. The van der Waals surface area contributed by atoms with Crippen molar-refractivity contribution in [1.29, 1.82) is 0 Å². The van der Waals surface area contributed by atoms with Gasteiger partial charge in [0.25, 0.3) is 0 Å². The van der Waals surface area contributed by atoms with Gasteiger partial charge in [-0.1, -0.05) is 68.8 Å². The molecule has 0 fully saturated rings. The van der Waals surface area contributed by atoms with E-state index < -0.39 is 0 Å². The average molecular weight is 267 g/mol. The number of para-hydroxylation sites is 1. The quantitative estimate of drug-likeness (QED) is 0.851. The molecular weight excluding hydrogens is 246 g/mol. The smallest absolute Gasteiger partial charge is 0.232 e. The second kappa shape index (κ2) is 6.90. The van der Waals surface area contributed by atoms with Crippen LogP contribution in [0.4, 0.5) is 5.69 Å². The molecule has 0 saturated heterocycles. The number of benzene rings is 2. The summed E-state index contributed by atoms with van der Waals surface area (Å²) in [5, 5.41) is 3.02. The zero-order valence-corrected chi connectivity index (χ0v) is 12.0. The Morgan fingerprint density at radius 3 is 2.10 bits per heavy atom. The van der Waals surface area contributed by atoms with Crippen LogP contribution in [0.3, 0.4) is 0 Å². The van der Waals surface area contributed by atoms with Gasteiger partial charge in [0.1, 0.15) is 0 Å². The van der Waals surface area contributed by atoms with Gasteiger partial charge in [-0.15, -0.1) is 0 Å². The van der Waals surface area contributed by atoms with Gasteiger partial charge in [0.05, 0.1) is 5.92 Å². The molecule has 20 heavy (non-hydrogen) atoms. The lowest BCUT2D eigenvalue weighted by Crippen LogP contribution is -2.26. The highest BCUT2D eigenvalue weighted by molar-refractivity contribution is 5.96. The molecule has 0 aliphatic heterocycles. The topological polar surface area (TPSA) is 29.1 Å². The highest BCUT2D eigenvalue weighted by Crippen LogP contribution is 2.28. The Hall–Kier alpha value is -2.09. The van der Waals surface area contributed by atoms with Gasteiger partial charge < -0.3 is 5.32 Å². The molecule has 0 aliphatic carbocycles. The molecule has 0 aromatic heterocycles. The third-order valence-corrected chi connectivity index (χ3v) is 3.70. The number of nitrogens with one attached hydrogen (secondary N) is 1. The van der Waals surface area contributed by atoms with Crippen molar-refractivity contribution in [3.05, 3.63) is 66.2 Å². The predicted octanol–water partition coefficient (Wildman–Crippen LogP) is 4.46. The summed E-state index contributed by atoms with van der Waals surface area (Å²) in [5.74, 6) is 0.263. The number of hydrogen-bond donors (Lipinski definition) is 1. The van der Waals surface area contributed by atoms with Crippen molar-refractivity contribution in [2.75, 3.05) is 5.32 Å². The van der Waals surface area contributed by atoms with E-state index in [1.807, 2.05) is 60.7 Å². The lowest BCUT2D eigenvalue weighted by atomic mass is 9.85. The molecule has 2 aromatic carbocycles. The molecule has 2 aromatic rings.